The van der Waals surface area contributed by atoms with Gasteiger partial charge in [-0.2, -0.15) is 0 Å². The minimum absolute atomic E-state index is 0.0132. The van der Waals surface area contributed by atoms with E-state index in [1.807, 2.05) is 0 Å². The number of anilines is 1. The van der Waals surface area contributed by atoms with E-state index >= 15 is 0 Å². The lowest BCUT2D eigenvalue weighted by molar-refractivity contribution is -0.116. The standard InChI is InChI=1S/C12H13FN2OS/c13-10-4-3-8(6-9(10)12(14)17)15-11(16)5-7-1-2-7/h3-4,6-7H,1-2,5H2,(H2,14,17)(H,15,16). The number of amides is 1. The third kappa shape index (κ3) is 3.23. The van der Waals surface area contributed by atoms with E-state index in [-0.39, 0.29) is 16.5 Å². The van der Waals surface area contributed by atoms with Crippen LogP contribution in [0.5, 0.6) is 0 Å². The van der Waals surface area contributed by atoms with Crippen LogP contribution in [0.3, 0.4) is 0 Å². The Bertz CT molecular complexity index is 472. The van der Waals surface area contributed by atoms with Gasteiger partial charge in [0.2, 0.25) is 5.91 Å². The molecule has 3 nitrogen and oxygen atoms in total. The van der Waals surface area contributed by atoms with Crippen LogP contribution in [0.2, 0.25) is 0 Å². The third-order valence-corrected chi connectivity index (χ3v) is 2.91. The molecular formula is C12H13FN2OS. The summed E-state index contributed by atoms with van der Waals surface area (Å²) in [5, 5.41) is 2.71. The molecule has 0 atom stereocenters. The molecule has 90 valence electrons. The zero-order valence-electron chi connectivity index (χ0n) is 9.20. The van der Waals surface area contributed by atoms with E-state index in [4.69, 9.17) is 18.0 Å². The Hall–Kier alpha value is -1.49. The number of hydrogen-bond acceptors (Lipinski definition) is 2. The first-order valence-electron chi connectivity index (χ1n) is 5.45. The van der Waals surface area contributed by atoms with Gasteiger partial charge < -0.3 is 11.1 Å². The Morgan fingerprint density at radius 2 is 2.24 bits per heavy atom. The van der Waals surface area contributed by atoms with Gasteiger partial charge in [0.15, 0.2) is 0 Å². The van der Waals surface area contributed by atoms with E-state index in [1.165, 1.54) is 18.2 Å². The summed E-state index contributed by atoms with van der Waals surface area (Å²) < 4.78 is 13.3. The minimum Gasteiger partial charge on any atom is -0.389 e. The molecule has 1 aromatic rings. The number of nitrogens with two attached hydrogens (primary N) is 1. The van der Waals surface area contributed by atoms with Crippen molar-refractivity contribution in [3.05, 3.63) is 29.6 Å². The first-order valence-corrected chi connectivity index (χ1v) is 5.86. The van der Waals surface area contributed by atoms with Gasteiger partial charge in [-0.05, 0) is 37.0 Å². The van der Waals surface area contributed by atoms with Gasteiger partial charge in [0.25, 0.3) is 0 Å². The summed E-state index contributed by atoms with van der Waals surface area (Å²) in [6.07, 6.45) is 2.77. The fraction of sp³-hybridized carbons (Fsp3) is 0.333. The Morgan fingerprint density at radius 3 is 2.82 bits per heavy atom. The lowest BCUT2D eigenvalue weighted by Crippen LogP contribution is -2.15. The average molecular weight is 252 g/mol. The molecule has 1 saturated carbocycles. The molecule has 3 N–H and O–H groups in total. The lowest BCUT2D eigenvalue weighted by atomic mass is 10.2. The summed E-state index contributed by atoms with van der Waals surface area (Å²) in [6.45, 7) is 0. The van der Waals surface area contributed by atoms with Crippen LogP contribution in [0.25, 0.3) is 0 Å². The van der Waals surface area contributed by atoms with Crippen molar-refractivity contribution in [3.8, 4) is 0 Å². The molecule has 1 fully saturated rings. The highest BCUT2D eigenvalue weighted by atomic mass is 32.1. The number of carbonyl (C=O) groups is 1. The quantitative estimate of drug-likeness (QED) is 0.808. The first-order chi connectivity index (χ1) is 8.06. The van der Waals surface area contributed by atoms with Gasteiger partial charge in [0.05, 0.1) is 0 Å². The second-order valence-corrected chi connectivity index (χ2v) is 4.69. The average Bonchev–Trinajstić information content (AvgIpc) is 3.04. The highest BCUT2D eigenvalue weighted by Gasteiger charge is 2.24. The van der Waals surface area contributed by atoms with Crippen molar-refractivity contribution in [2.75, 3.05) is 5.32 Å². The van der Waals surface area contributed by atoms with Gasteiger partial charge in [0.1, 0.15) is 10.8 Å². The van der Waals surface area contributed by atoms with E-state index < -0.39 is 5.82 Å². The van der Waals surface area contributed by atoms with Crippen LogP contribution in [0.4, 0.5) is 10.1 Å². The van der Waals surface area contributed by atoms with Crippen molar-refractivity contribution in [2.24, 2.45) is 11.7 Å². The zero-order chi connectivity index (χ0) is 12.4. The molecule has 0 aliphatic heterocycles. The fourth-order valence-corrected chi connectivity index (χ4v) is 1.74. The summed E-state index contributed by atoms with van der Waals surface area (Å²) in [5.41, 5.74) is 6.07. The van der Waals surface area contributed by atoms with E-state index in [2.05, 4.69) is 5.32 Å². The predicted molar refractivity (Wildman–Crippen MR) is 68.3 cm³/mol. The highest BCUT2D eigenvalue weighted by Crippen LogP contribution is 2.32. The Kier molecular flexibility index (Phi) is 3.38. The summed E-state index contributed by atoms with van der Waals surface area (Å²) in [5.74, 6) is -0.00352. The largest absolute Gasteiger partial charge is 0.389 e. The summed E-state index contributed by atoms with van der Waals surface area (Å²) >= 11 is 4.73. The molecular weight excluding hydrogens is 239 g/mol. The van der Waals surface area contributed by atoms with E-state index in [0.29, 0.717) is 18.0 Å². The molecule has 0 aromatic heterocycles. The normalized spacial score (nSPS) is 14.4. The summed E-state index contributed by atoms with van der Waals surface area (Å²) in [7, 11) is 0. The number of carbonyl (C=O) groups excluding carboxylic acids is 1. The SMILES string of the molecule is NC(=S)c1cc(NC(=O)CC2CC2)ccc1F. The number of hydrogen-bond donors (Lipinski definition) is 2. The molecule has 0 saturated heterocycles. The molecule has 5 heteroatoms. The molecule has 17 heavy (non-hydrogen) atoms. The maximum absolute atomic E-state index is 13.3. The molecule has 0 radical (unpaired) electrons. The Labute approximate surface area is 104 Å². The van der Waals surface area contributed by atoms with Crippen LogP contribution < -0.4 is 11.1 Å². The van der Waals surface area contributed by atoms with Crippen LogP contribution in [0, 0.1) is 11.7 Å². The van der Waals surface area contributed by atoms with Gasteiger partial charge in [0, 0.05) is 17.7 Å². The van der Waals surface area contributed by atoms with Gasteiger partial charge in [-0.25, -0.2) is 4.39 Å². The predicted octanol–water partition coefficient (Wildman–Crippen LogP) is 2.20. The van der Waals surface area contributed by atoms with Crippen LogP contribution in [0.1, 0.15) is 24.8 Å². The molecule has 1 aliphatic carbocycles. The minimum atomic E-state index is -0.474. The molecule has 1 amide bonds. The monoisotopic (exact) mass is 252 g/mol. The van der Waals surface area contributed by atoms with E-state index in [0.717, 1.165) is 12.8 Å². The van der Waals surface area contributed by atoms with Crippen molar-refractivity contribution in [2.45, 2.75) is 19.3 Å². The maximum atomic E-state index is 13.3. The van der Waals surface area contributed by atoms with Gasteiger partial charge >= 0.3 is 0 Å². The smallest absolute Gasteiger partial charge is 0.224 e. The topological polar surface area (TPSA) is 55.1 Å². The number of benzene rings is 1. The van der Waals surface area contributed by atoms with Crippen LogP contribution >= 0.6 is 12.2 Å². The van der Waals surface area contributed by atoms with Crippen LogP contribution in [0.15, 0.2) is 18.2 Å². The van der Waals surface area contributed by atoms with Gasteiger partial charge in [-0.15, -0.1) is 0 Å². The molecule has 0 heterocycles. The van der Waals surface area contributed by atoms with E-state index in [9.17, 15) is 9.18 Å². The van der Waals surface area contributed by atoms with Crippen LogP contribution in [-0.2, 0) is 4.79 Å². The maximum Gasteiger partial charge on any atom is 0.224 e. The molecule has 1 aliphatic rings. The summed E-state index contributed by atoms with van der Waals surface area (Å²) in [6, 6.07) is 4.21. The zero-order valence-corrected chi connectivity index (χ0v) is 10.0. The molecule has 0 unspecified atom stereocenters. The van der Waals surface area contributed by atoms with Crippen molar-refractivity contribution < 1.29 is 9.18 Å². The van der Waals surface area contributed by atoms with Crippen molar-refractivity contribution >= 4 is 28.8 Å². The number of nitrogens with one attached hydrogen (secondary N) is 1. The lowest BCUT2D eigenvalue weighted by Gasteiger charge is -2.07. The first kappa shape index (κ1) is 12.0. The highest BCUT2D eigenvalue weighted by molar-refractivity contribution is 7.80. The van der Waals surface area contributed by atoms with E-state index in [1.54, 1.807) is 0 Å². The van der Waals surface area contributed by atoms with Crippen molar-refractivity contribution in [1.82, 2.24) is 0 Å². The second-order valence-electron chi connectivity index (χ2n) is 4.25. The molecule has 1 aromatic carbocycles. The Morgan fingerprint density at radius 1 is 1.53 bits per heavy atom. The second kappa shape index (κ2) is 4.79. The number of rotatable bonds is 4. The van der Waals surface area contributed by atoms with Gasteiger partial charge in [-0.1, -0.05) is 12.2 Å². The molecule has 0 bridgehead atoms. The third-order valence-electron chi connectivity index (χ3n) is 2.69. The molecule has 2 rings (SSSR count). The van der Waals surface area contributed by atoms with Crippen molar-refractivity contribution in [1.29, 1.82) is 0 Å². The fourth-order valence-electron chi connectivity index (χ4n) is 1.59. The molecule has 0 spiro atoms. The summed E-state index contributed by atoms with van der Waals surface area (Å²) in [4.78, 5) is 11.5. The number of halogens is 1. The van der Waals surface area contributed by atoms with Crippen LogP contribution in [-0.4, -0.2) is 10.9 Å². The van der Waals surface area contributed by atoms with Crippen molar-refractivity contribution in [3.63, 3.8) is 0 Å². The Balaban J connectivity index is 2.07. The van der Waals surface area contributed by atoms with Gasteiger partial charge in [-0.3, -0.25) is 4.79 Å². The number of thiocarbonyl (C=S) groups is 1.